The minimum absolute atomic E-state index is 0.0304. The van der Waals surface area contributed by atoms with Crippen molar-refractivity contribution in [2.24, 2.45) is 5.92 Å². The Balaban J connectivity index is 2.33. The minimum atomic E-state index is -4.13. The topological polar surface area (TPSA) is 63.2 Å². The molecule has 0 unspecified atom stereocenters. The third-order valence-electron chi connectivity index (χ3n) is 2.76. The molecule has 0 aromatic heterocycles. The lowest BCUT2D eigenvalue weighted by molar-refractivity contribution is 0.0950. The van der Waals surface area contributed by atoms with Gasteiger partial charge in [0, 0.05) is 17.2 Å². The zero-order valence-corrected chi connectivity index (χ0v) is 12.8. The van der Waals surface area contributed by atoms with E-state index < -0.39 is 25.7 Å². The van der Waals surface area contributed by atoms with E-state index in [2.05, 4.69) is 21.2 Å². The fourth-order valence-electron chi connectivity index (χ4n) is 1.56. The first kappa shape index (κ1) is 14.7. The molecule has 8 heteroatoms. The number of carbonyl (C=O) groups is 1. The zero-order chi connectivity index (χ0) is 14.2. The second-order valence-electron chi connectivity index (χ2n) is 4.36. The Morgan fingerprint density at radius 3 is 2.63 bits per heavy atom. The van der Waals surface area contributed by atoms with Gasteiger partial charge in [0.1, 0.15) is 10.7 Å². The molecule has 0 spiro atoms. The van der Waals surface area contributed by atoms with Crippen molar-refractivity contribution in [2.45, 2.75) is 17.7 Å². The second-order valence-corrected chi connectivity index (χ2v) is 7.68. The average Bonchev–Trinajstić information content (AvgIpc) is 3.11. The van der Waals surface area contributed by atoms with E-state index in [4.69, 9.17) is 10.7 Å². The minimum Gasteiger partial charge on any atom is -0.352 e. The summed E-state index contributed by atoms with van der Waals surface area (Å²) in [5.74, 6) is -0.897. The van der Waals surface area contributed by atoms with E-state index in [1.807, 2.05) is 0 Å². The number of carbonyl (C=O) groups excluding carboxylic acids is 1. The van der Waals surface area contributed by atoms with Crippen molar-refractivity contribution in [2.75, 3.05) is 6.54 Å². The Labute approximate surface area is 122 Å². The maximum absolute atomic E-state index is 13.4. The molecule has 0 atom stereocenters. The first-order valence-corrected chi connectivity index (χ1v) is 8.61. The number of hydrogen-bond acceptors (Lipinski definition) is 3. The molecule has 2 rings (SSSR count). The second kappa shape index (κ2) is 5.38. The molecule has 1 aliphatic rings. The molecule has 1 fully saturated rings. The van der Waals surface area contributed by atoms with E-state index in [-0.39, 0.29) is 10.0 Å². The molecular formula is C11H10BrClFNO3S. The van der Waals surface area contributed by atoms with Gasteiger partial charge in [-0.25, -0.2) is 12.8 Å². The predicted octanol–water partition coefficient (Wildman–Crippen LogP) is 2.66. The molecule has 0 saturated heterocycles. The van der Waals surface area contributed by atoms with Gasteiger partial charge < -0.3 is 5.32 Å². The highest BCUT2D eigenvalue weighted by Crippen LogP contribution is 2.31. The molecule has 1 aliphatic carbocycles. The summed E-state index contributed by atoms with van der Waals surface area (Å²) in [5, 5.41) is 2.63. The molecule has 1 aromatic rings. The van der Waals surface area contributed by atoms with Gasteiger partial charge in [-0.15, -0.1) is 0 Å². The summed E-state index contributed by atoms with van der Waals surface area (Å²) < 4.78 is 35.9. The molecule has 1 aromatic carbocycles. The van der Waals surface area contributed by atoms with Crippen molar-refractivity contribution < 1.29 is 17.6 Å². The van der Waals surface area contributed by atoms with Gasteiger partial charge in [0.15, 0.2) is 0 Å². The van der Waals surface area contributed by atoms with Crippen LogP contribution in [0.15, 0.2) is 21.5 Å². The van der Waals surface area contributed by atoms with Crippen LogP contribution < -0.4 is 5.32 Å². The van der Waals surface area contributed by atoms with Crippen LogP contribution in [0.4, 0.5) is 4.39 Å². The van der Waals surface area contributed by atoms with Gasteiger partial charge in [0.2, 0.25) is 0 Å². The van der Waals surface area contributed by atoms with Crippen LogP contribution in [-0.2, 0) is 9.05 Å². The van der Waals surface area contributed by atoms with Crippen molar-refractivity contribution in [3.8, 4) is 0 Å². The maximum atomic E-state index is 13.4. The van der Waals surface area contributed by atoms with Crippen LogP contribution in [0.5, 0.6) is 0 Å². The van der Waals surface area contributed by atoms with E-state index in [0.29, 0.717) is 12.5 Å². The number of benzene rings is 1. The average molecular weight is 371 g/mol. The maximum Gasteiger partial charge on any atom is 0.262 e. The van der Waals surface area contributed by atoms with Gasteiger partial charge >= 0.3 is 0 Å². The third kappa shape index (κ3) is 3.67. The van der Waals surface area contributed by atoms with Gasteiger partial charge in [0.25, 0.3) is 15.0 Å². The predicted molar refractivity (Wildman–Crippen MR) is 72.2 cm³/mol. The van der Waals surface area contributed by atoms with E-state index in [0.717, 1.165) is 25.0 Å². The highest BCUT2D eigenvalue weighted by Gasteiger charge is 2.25. The quantitative estimate of drug-likeness (QED) is 0.829. The first-order valence-electron chi connectivity index (χ1n) is 5.51. The van der Waals surface area contributed by atoms with E-state index >= 15 is 0 Å². The van der Waals surface area contributed by atoms with Gasteiger partial charge in [0.05, 0.1) is 10.0 Å². The van der Waals surface area contributed by atoms with Crippen LogP contribution in [0.25, 0.3) is 0 Å². The van der Waals surface area contributed by atoms with Gasteiger partial charge in [-0.2, -0.15) is 0 Å². The highest BCUT2D eigenvalue weighted by molar-refractivity contribution is 9.10. The fourth-order valence-corrected chi connectivity index (χ4v) is 3.83. The van der Waals surface area contributed by atoms with Crippen molar-refractivity contribution in [3.05, 3.63) is 28.0 Å². The highest BCUT2D eigenvalue weighted by atomic mass is 79.9. The van der Waals surface area contributed by atoms with Crippen LogP contribution in [0.2, 0.25) is 0 Å². The van der Waals surface area contributed by atoms with Crippen molar-refractivity contribution in [1.29, 1.82) is 0 Å². The summed E-state index contributed by atoms with van der Waals surface area (Å²) in [4.78, 5) is 11.4. The Morgan fingerprint density at radius 2 is 2.11 bits per heavy atom. The third-order valence-corrected chi connectivity index (χ3v) is 5.22. The molecule has 19 heavy (non-hydrogen) atoms. The lowest BCUT2D eigenvalue weighted by Gasteiger charge is -2.09. The van der Waals surface area contributed by atoms with Crippen LogP contribution in [0.3, 0.4) is 0 Å². The van der Waals surface area contributed by atoms with Gasteiger partial charge in [-0.3, -0.25) is 4.79 Å². The van der Waals surface area contributed by atoms with Crippen molar-refractivity contribution in [3.63, 3.8) is 0 Å². The Morgan fingerprint density at radius 1 is 1.47 bits per heavy atom. The molecule has 1 saturated carbocycles. The normalized spacial score (nSPS) is 15.3. The van der Waals surface area contributed by atoms with Crippen LogP contribution in [-0.4, -0.2) is 20.9 Å². The molecule has 0 radical (unpaired) electrons. The molecule has 0 bridgehead atoms. The lowest BCUT2D eigenvalue weighted by Crippen LogP contribution is -2.26. The van der Waals surface area contributed by atoms with E-state index in [9.17, 15) is 17.6 Å². The molecule has 104 valence electrons. The first-order chi connectivity index (χ1) is 8.79. The zero-order valence-electron chi connectivity index (χ0n) is 9.62. The molecule has 1 N–H and O–H groups in total. The number of nitrogens with one attached hydrogen (secondary N) is 1. The Hall–Kier alpha value is -0.660. The van der Waals surface area contributed by atoms with E-state index in [1.165, 1.54) is 0 Å². The SMILES string of the molecule is O=C(NCC1CC1)c1cc(F)cc(S(=O)(=O)Cl)c1Br. The summed E-state index contributed by atoms with van der Waals surface area (Å²) in [7, 11) is 1.07. The standard InChI is InChI=1S/C11H10BrClFNO3S/c12-10-8(11(16)15-5-6-1-2-6)3-7(14)4-9(10)19(13,17)18/h3-4,6H,1-2,5H2,(H,15,16). The number of hydrogen-bond donors (Lipinski definition) is 1. The van der Waals surface area contributed by atoms with Gasteiger partial charge in [-0.1, -0.05) is 0 Å². The summed E-state index contributed by atoms with van der Waals surface area (Å²) >= 11 is 2.98. The Bertz CT molecular complexity index is 631. The summed E-state index contributed by atoms with van der Waals surface area (Å²) in [6.45, 7) is 0.505. The number of halogens is 3. The van der Waals surface area contributed by atoms with Crippen molar-refractivity contribution in [1.82, 2.24) is 5.32 Å². The monoisotopic (exact) mass is 369 g/mol. The number of rotatable bonds is 4. The molecule has 1 amide bonds. The smallest absolute Gasteiger partial charge is 0.262 e. The summed E-state index contributed by atoms with van der Waals surface area (Å²) in [5.41, 5.74) is -0.0834. The largest absolute Gasteiger partial charge is 0.352 e. The molecular weight excluding hydrogens is 361 g/mol. The van der Waals surface area contributed by atoms with Crippen molar-refractivity contribution >= 4 is 41.6 Å². The number of amides is 1. The molecule has 4 nitrogen and oxygen atoms in total. The van der Waals surface area contributed by atoms with Crippen LogP contribution in [0.1, 0.15) is 23.2 Å². The molecule has 0 aliphatic heterocycles. The lowest BCUT2D eigenvalue weighted by atomic mass is 10.2. The molecule has 0 heterocycles. The van der Waals surface area contributed by atoms with Crippen LogP contribution >= 0.6 is 26.6 Å². The van der Waals surface area contributed by atoms with Gasteiger partial charge in [-0.05, 0) is 46.8 Å². The summed E-state index contributed by atoms with van der Waals surface area (Å²) in [6, 6.07) is 1.74. The fraction of sp³-hybridized carbons (Fsp3) is 0.364. The van der Waals surface area contributed by atoms with Crippen LogP contribution in [0, 0.1) is 11.7 Å². The van der Waals surface area contributed by atoms with E-state index in [1.54, 1.807) is 0 Å². The Kier molecular flexibility index (Phi) is 4.17. The summed E-state index contributed by atoms with van der Waals surface area (Å²) in [6.07, 6.45) is 2.12.